The van der Waals surface area contributed by atoms with Crippen LogP contribution in [-0.2, 0) is 19.9 Å². The fourth-order valence-corrected chi connectivity index (χ4v) is 2.77. The number of benzene rings is 1. The zero-order chi connectivity index (χ0) is 12.0. The quantitative estimate of drug-likeness (QED) is 0.813. The van der Waals surface area contributed by atoms with E-state index in [0.29, 0.717) is 5.82 Å². The molecule has 0 fully saturated rings. The lowest BCUT2D eigenvalue weighted by molar-refractivity contribution is 0.780. The van der Waals surface area contributed by atoms with Gasteiger partial charge in [0, 0.05) is 18.2 Å². The first-order chi connectivity index (χ1) is 8.16. The van der Waals surface area contributed by atoms with Crippen molar-refractivity contribution in [1.29, 1.82) is 0 Å². The predicted octanol–water partition coefficient (Wildman–Crippen LogP) is 2.47. The highest BCUT2D eigenvalue weighted by Gasteiger charge is 2.15. The van der Waals surface area contributed by atoms with Crippen LogP contribution in [-0.4, -0.2) is 9.78 Å². The minimum atomic E-state index is 0.628. The monoisotopic (exact) mass is 227 g/mol. The van der Waals surface area contributed by atoms with Gasteiger partial charge < -0.3 is 5.73 Å². The summed E-state index contributed by atoms with van der Waals surface area (Å²) in [5.74, 6) is 0.628. The van der Waals surface area contributed by atoms with Crippen molar-refractivity contribution in [2.45, 2.75) is 26.2 Å². The van der Waals surface area contributed by atoms with Crippen LogP contribution in [0.4, 0.5) is 5.82 Å². The lowest BCUT2D eigenvalue weighted by Crippen LogP contribution is -1.95. The Kier molecular flexibility index (Phi) is 2.21. The van der Waals surface area contributed by atoms with E-state index in [0.717, 1.165) is 11.3 Å². The van der Waals surface area contributed by atoms with Crippen LogP contribution >= 0.6 is 0 Å². The number of hydrogen-bond donors (Lipinski definition) is 1. The van der Waals surface area contributed by atoms with Gasteiger partial charge in [-0.1, -0.05) is 12.1 Å². The van der Waals surface area contributed by atoms with Crippen LogP contribution < -0.4 is 5.73 Å². The number of fused-ring (bicyclic) bond motifs is 1. The zero-order valence-electron chi connectivity index (χ0n) is 10.3. The van der Waals surface area contributed by atoms with Crippen molar-refractivity contribution in [2.24, 2.45) is 7.05 Å². The molecule has 0 bridgehead atoms. The Labute approximate surface area is 101 Å². The van der Waals surface area contributed by atoms with Gasteiger partial charge in [-0.15, -0.1) is 0 Å². The topological polar surface area (TPSA) is 43.8 Å². The van der Waals surface area contributed by atoms with Crippen LogP contribution in [0.2, 0.25) is 0 Å². The Hall–Kier alpha value is -1.77. The van der Waals surface area contributed by atoms with Crippen molar-refractivity contribution in [2.75, 3.05) is 5.73 Å². The first-order valence-electron chi connectivity index (χ1n) is 6.08. The summed E-state index contributed by atoms with van der Waals surface area (Å²) in [5.41, 5.74) is 12.3. The number of aryl methyl sites for hydroxylation is 3. The average molecular weight is 227 g/mol. The van der Waals surface area contributed by atoms with Crippen LogP contribution in [0.1, 0.15) is 23.1 Å². The third kappa shape index (κ3) is 1.54. The fraction of sp³-hybridized carbons (Fsp3) is 0.357. The van der Waals surface area contributed by atoms with Crippen LogP contribution in [0.25, 0.3) is 11.3 Å². The molecule has 3 heteroatoms. The molecule has 2 N–H and O–H groups in total. The maximum atomic E-state index is 5.86. The number of hydrogen-bond acceptors (Lipinski definition) is 2. The molecule has 0 amide bonds. The molecule has 17 heavy (non-hydrogen) atoms. The molecule has 88 valence electrons. The molecule has 0 saturated carbocycles. The third-order valence-corrected chi connectivity index (χ3v) is 3.69. The maximum Gasteiger partial charge on any atom is 0.148 e. The summed E-state index contributed by atoms with van der Waals surface area (Å²) in [4.78, 5) is 0. The number of nitrogen functional groups attached to an aromatic ring is 1. The van der Waals surface area contributed by atoms with Crippen molar-refractivity contribution < 1.29 is 0 Å². The predicted molar refractivity (Wildman–Crippen MR) is 69.8 cm³/mol. The third-order valence-electron chi connectivity index (χ3n) is 3.69. The van der Waals surface area contributed by atoms with Crippen molar-refractivity contribution in [3.05, 3.63) is 34.9 Å². The van der Waals surface area contributed by atoms with Gasteiger partial charge in [0.1, 0.15) is 5.82 Å². The smallest absolute Gasteiger partial charge is 0.148 e. The van der Waals surface area contributed by atoms with Gasteiger partial charge in [-0.05, 0) is 43.4 Å². The number of nitrogens with two attached hydrogens (primary N) is 1. The molecule has 0 radical (unpaired) electrons. The van der Waals surface area contributed by atoms with Gasteiger partial charge in [-0.3, -0.25) is 4.68 Å². The van der Waals surface area contributed by atoms with Crippen molar-refractivity contribution in [3.63, 3.8) is 0 Å². The van der Waals surface area contributed by atoms with E-state index >= 15 is 0 Å². The average Bonchev–Trinajstić information content (AvgIpc) is 2.84. The van der Waals surface area contributed by atoms with E-state index in [2.05, 4.69) is 23.3 Å². The van der Waals surface area contributed by atoms with E-state index in [-0.39, 0.29) is 0 Å². The highest BCUT2D eigenvalue weighted by atomic mass is 15.3. The van der Waals surface area contributed by atoms with Crippen LogP contribution in [0, 0.1) is 6.92 Å². The van der Waals surface area contributed by atoms with Gasteiger partial charge in [0.05, 0.1) is 5.69 Å². The molecule has 0 unspecified atom stereocenters. The summed E-state index contributed by atoms with van der Waals surface area (Å²) in [6, 6.07) is 6.74. The van der Waals surface area contributed by atoms with Crippen LogP contribution in [0.3, 0.4) is 0 Å². The summed E-state index contributed by atoms with van der Waals surface area (Å²) in [5, 5.41) is 4.27. The molecule has 3 rings (SSSR count). The van der Waals surface area contributed by atoms with Crippen molar-refractivity contribution in [3.8, 4) is 11.3 Å². The minimum Gasteiger partial charge on any atom is -0.382 e. The molecule has 0 saturated heterocycles. The first kappa shape index (κ1) is 10.4. The Morgan fingerprint density at radius 2 is 2.00 bits per heavy atom. The molecule has 0 aliphatic heterocycles. The number of aromatic nitrogens is 2. The molecule has 0 spiro atoms. The Bertz CT molecular complexity index is 581. The second kappa shape index (κ2) is 3.62. The number of rotatable bonds is 1. The lowest BCUT2D eigenvalue weighted by Gasteiger charge is -2.06. The van der Waals surface area contributed by atoms with Gasteiger partial charge in [-0.2, -0.15) is 5.10 Å². The molecular formula is C14H17N3. The summed E-state index contributed by atoms with van der Waals surface area (Å²) >= 11 is 0. The van der Waals surface area contributed by atoms with Gasteiger partial charge >= 0.3 is 0 Å². The van der Waals surface area contributed by atoms with Crippen LogP contribution in [0.5, 0.6) is 0 Å². The molecule has 1 aromatic heterocycles. The fourth-order valence-electron chi connectivity index (χ4n) is 2.77. The highest BCUT2D eigenvalue weighted by molar-refractivity contribution is 5.69. The van der Waals surface area contributed by atoms with Crippen molar-refractivity contribution in [1.82, 2.24) is 9.78 Å². The van der Waals surface area contributed by atoms with E-state index in [4.69, 9.17) is 5.73 Å². The van der Waals surface area contributed by atoms with E-state index < -0.39 is 0 Å². The SMILES string of the molecule is Cc1c(N)nn(C)c1-c1ccc2c(c1)CCC2. The van der Waals surface area contributed by atoms with Gasteiger partial charge in [0.2, 0.25) is 0 Å². The van der Waals surface area contributed by atoms with E-state index in [9.17, 15) is 0 Å². The number of anilines is 1. The molecule has 1 aromatic carbocycles. The van der Waals surface area contributed by atoms with E-state index in [1.54, 1.807) is 0 Å². The Balaban J connectivity index is 2.15. The van der Waals surface area contributed by atoms with Crippen molar-refractivity contribution >= 4 is 5.82 Å². The molecular weight excluding hydrogens is 210 g/mol. The normalized spacial score (nSPS) is 14.0. The van der Waals surface area contributed by atoms with Gasteiger partial charge in [0.15, 0.2) is 0 Å². The summed E-state index contributed by atoms with van der Waals surface area (Å²) < 4.78 is 1.88. The van der Waals surface area contributed by atoms with Gasteiger partial charge in [0.25, 0.3) is 0 Å². The second-order valence-corrected chi connectivity index (χ2v) is 4.82. The minimum absolute atomic E-state index is 0.628. The molecule has 1 heterocycles. The van der Waals surface area contributed by atoms with E-state index in [1.165, 1.54) is 36.0 Å². The summed E-state index contributed by atoms with van der Waals surface area (Å²) in [7, 11) is 1.95. The Morgan fingerprint density at radius 1 is 1.24 bits per heavy atom. The summed E-state index contributed by atoms with van der Waals surface area (Å²) in [6.07, 6.45) is 3.71. The van der Waals surface area contributed by atoms with Crippen LogP contribution in [0.15, 0.2) is 18.2 Å². The molecule has 1 aliphatic rings. The molecule has 0 atom stereocenters. The highest BCUT2D eigenvalue weighted by Crippen LogP contribution is 2.31. The maximum absolute atomic E-state index is 5.86. The molecule has 1 aliphatic carbocycles. The number of nitrogens with zero attached hydrogens (tertiary/aromatic N) is 2. The zero-order valence-corrected chi connectivity index (χ0v) is 10.3. The van der Waals surface area contributed by atoms with E-state index in [1.807, 2.05) is 18.7 Å². The standard InChI is InChI=1S/C14H17N3/c1-9-13(17(2)16-14(9)15)12-7-6-10-4-3-5-11(10)8-12/h6-8H,3-5H2,1-2H3,(H2,15,16). The lowest BCUT2D eigenvalue weighted by atomic mass is 10.0. The van der Waals surface area contributed by atoms with Gasteiger partial charge in [-0.25, -0.2) is 0 Å². The second-order valence-electron chi connectivity index (χ2n) is 4.82. The Morgan fingerprint density at radius 3 is 2.71 bits per heavy atom. The molecule has 3 nitrogen and oxygen atoms in total. The molecule has 2 aromatic rings. The largest absolute Gasteiger partial charge is 0.382 e. The first-order valence-corrected chi connectivity index (χ1v) is 6.08. The summed E-state index contributed by atoms with van der Waals surface area (Å²) in [6.45, 7) is 2.03.